The fraction of sp³-hybridized carbons (Fsp3) is 0.769. The first-order valence-corrected chi connectivity index (χ1v) is 6.13. The van der Waals surface area contributed by atoms with Crippen molar-refractivity contribution in [2.75, 3.05) is 0 Å². The summed E-state index contributed by atoms with van der Waals surface area (Å²) in [5.74, 6) is 0.743. The van der Waals surface area contributed by atoms with Gasteiger partial charge in [-0.3, -0.25) is 4.68 Å². The van der Waals surface area contributed by atoms with Gasteiger partial charge in [0.1, 0.15) is 5.69 Å². The van der Waals surface area contributed by atoms with Gasteiger partial charge in [0, 0.05) is 17.9 Å². The smallest absolute Gasteiger partial charge is 0.160 e. The number of hydrogen-bond donors (Lipinski definition) is 1. The highest BCUT2D eigenvalue weighted by Crippen LogP contribution is 2.36. The van der Waals surface area contributed by atoms with Crippen molar-refractivity contribution < 1.29 is 5.11 Å². The third-order valence-electron chi connectivity index (χ3n) is 3.05. The van der Waals surface area contributed by atoms with Crippen molar-refractivity contribution in [3.05, 3.63) is 11.4 Å². The molecule has 0 radical (unpaired) electrons. The number of aromatic hydroxyl groups is 1. The van der Waals surface area contributed by atoms with Crippen molar-refractivity contribution in [1.29, 1.82) is 0 Å². The maximum Gasteiger partial charge on any atom is 0.160 e. The molecule has 0 saturated heterocycles. The van der Waals surface area contributed by atoms with Gasteiger partial charge in [0.05, 0.1) is 5.69 Å². The van der Waals surface area contributed by atoms with Gasteiger partial charge in [-0.2, -0.15) is 5.10 Å². The molecular formula is C13H24N2O. The lowest BCUT2D eigenvalue weighted by Gasteiger charge is -2.15. The molecule has 3 nitrogen and oxygen atoms in total. The molecule has 92 valence electrons. The van der Waals surface area contributed by atoms with Crippen molar-refractivity contribution in [2.24, 2.45) is 0 Å². The molecule has 0 aliphatic heterocycles. The zero-order chi connectivity index (χ0) is 12.5. The van der Waals surface area contributed by atoms with E-state index in [4.69, 9.17) is 0 Å². The maximum atomic E-state index is 10.3. The average molecular weight is 224 g/mol. The van der Waals surface area contributed by atoms with Crippen LogP contribution in [-0.2, 0) is 12.0 Å². The predicted octanol–water partition coefficient (Wildman–Crippen LogP) is 3.42. The molecule has 1 aromatic rings. The van der Waals surface area contributed by atoms with Crippen molar-refractivity contribution >= 4 is 0 Å². The number of nitrogens with zero attached hydrogens (tertiary/aromatic N) is 2. The summed E-state index contributed by atoms with van der Waals surface area (Å²) in [6, 6.07) is 0. The predicted molar refractivity (Wildman–Crippen MR) is 67.0 cm³/mol. The Balaban J connectivity index is 3.32. The van der Waals surface area contributed by atoms with E-state index in [9.17, 15) is 5.11 Å². The first kappa shape index (κ1) is 13.1. The fourth-order valence-corrected chi connectivity index (χ4v) is 1.89. The SMILES string of the molecule is CCC(C)c1c(O)c(C(C)(C)C)nn1CC. The molecule has 0 spiro atoms. The van der Waals surface area contributed by atoms with Crippen molar-refractivity contribution in [2.45, 2.75) is 65.8 Å². The highest BCUT2D eigenvalue weighted by molar-refractivity contribution is 5.38. The van der Waals surface area contributed by atoms with Crippen LogP contribution in [-0.4, -0.2) is 14.9 Å². The van der Waals surface area contributed by atoms with Crippen LogP contribution in [0.25, 0.3) is 0 Å². The molecule has 1 unspecified atom stereocenters. The lowest BCUT2D eigenvalue weighted by Crippen LogP contribution is -2.13. The van der Waals surface area contributed by atoms with Gasteiger partial charge in [-0.25, -0.2) is 0 Å². The van der Waals surface area contributed by atoms with Crippen molar-refractivity contribution in [3.63, 3.8) is 0 Å². The van der Waals surface area contributed by atoms with Gasteiger partial charge in [0.2, 0.25) is 0 Å². The largest absolute Gasteiger partial charge is 0.504 e. The first-order chi connectivity index (χ1) is 7.32. The molecule has 1 rings (SSSR count). The van der Waals surface area contributed by atoms with E-state index in [0.29, 0.717) is 11.7 Å². The molecule has 0 aliphatic carbocycles. The van der Waals surface area contributed by atoms with E-state index >= 15 is 0 Å². The van der Waals surface area contributed by atoms with Crippen LogP contribution >= 0.6 is 0 Å². The normalized spacial score (nSPS) is 14.1. The number of aryl methyl sites for hydroxylation is 1. The van der Waals surface area contributed by atoms with E-state index in [0.717, 1.165) is 24.4 Å². The van der Waals surface area contributed by atoms with E-state index in [1.54, 1.807) is 0 Å². The maximum absolute atomic E-state index is 10.3. The summed E-state index contributed by atoms with van der Waals surface area (Å²) >= 11 is 0. The quantitative estimate of drug-likeness (QED) is 0.854. The van der Waals surface area contributed by atoms with Crippen LogP contribution in [0.4, 0.5) is 0 Å². The molecule has 0 amide bonds. The van der Waals surface area contributed by atoms with Crippen LogP contribution < -0.4 is 0 Å². The standard InChI is InChI=1S/C13H24N2O/c1-7-9(3)10-11(16)12(13(4,5)6)14-15(10)8-2/h9,16H,7-8H2,1-6H3. The minimum Gasteiger partial charge on any atom is -0.504 e. The van der Waals surface area contributed by atoms with Crippen LogP contribution in [0.3, 0.4) is 0 Å². The summed E-state index contributed by atoms with van der Waals surface area (Å²) in [5, 5.41) is 14.8. The molecule has 1 heterocycles. The molecule has 1 aromatic heterocycles. The molecule has 3 heteroatoms. The second-order valence-electron chi connectivity index (χ2n) is 5.46. The zero-order valence-electron chi connectivity index (χ0n) is 11.3. The minimum atomic E-state index is -0.104. The summed E-state index contributed by atoms with van der Waals surface area (Å²) in [6.45, 7) is 13.4. The second-order valence-corrected chi connectivity index (χ2v) is 5.46. The summed E-state index contributed by atoms with van der Waals surface area (Å²) in [4.78, 5) is 0. The Morgan fingerprint density at radius 2 is 1.88 bits per heavy atom. The number of rotatable bonds is 3. The average Bonchev–Trinajstić information content (AvgIpc) is 2.53. The summed E-state index contributed by atoms with van der Waals surface area (Å²) < 4.78 is 1.93. The molecule has 0 aliphatic rings. The van der Waals surface area contributed by atoms with Gasteiger partial charge in [-0.05, 0) is 13.3 Å². The number of hydrogen-bond acceptors (Lipinski definition) is 2. The van der Waals surface area contributed by atoms with E-state index in [2.05, 4.69) is 46.6 Å². The molecule has 0 saturated carbocycles. The minimum absolute atomic E-state index is 0.104. The molecule has 0 bridgehead atoms. The first-order valence-electron chi connectivity index (χ1n) is 6.13. The van der Waals surface area contributed by atoms with Crippen LogP contribution in [0.15, 0.2) is 0 Å². The second kappa shape index (κ2) is 4.48. The van der Waals surface area contributed by atoms with Crippen LogP contribution in [0, 0.1) is 0 Å². The highest BCUT2D eigenvalue weighted by Gasteiger charge is 2.27. The Morgan fingerprint density at radius 3 is 2.25 bits per heavy atom. The summed E-state index contributed by atoms with van der Waals surface area (Å²) in [5.41, 5.74) is 1.69. The monoisotopic (exact) mass is 224 g/mol. The third kappa shape index (κ3) is 2.23. The van der Waals surface area contributed by atoms with Gasteiger partial charge in [0.25, 0.3) is 0 Å². The van der Waals surface area contributed by atoms with Crippen molar-refractivity contribution in [3.8, 4) is 5.75 Å². The summed E-state index contributed by atoms with van der Waals surface area (Å²) in [6.07, 6.45) is 1.02. The van der Waals surface area contributed by atoms with Crippen LogP contribution in [0.5, 0.6) is 5.75 Å². The van der Waals surface area contributed by atoms with Gasteiger partial charge in [0.15, 0.2) is 5.75 Å². The Kier molecular flexibility index (Phi) is 3.66. The Labute approximate surface area is 98.5 Å². The Hall–Kier alpha value is -0.990. The Morgan fingerprint density at radius 1 is 1.31 bits per heavy atom. The molecule has 0 aromatic carbocycles. The fourth-order valence-electron chi connectivity index (χ4n) is 1.89. The highest BCUT2D eigenvalue weighted by atomic mass is 16.3. The molecule has 1 atom stereocenters. The lowest BCUT2D eigenvalue weighted by molar-refractivity contribution is 0.434. The van der Waals surface area contributed by atoms with Crippen LogP contribution in [0.1, 0.15) is 65.3 Å². The van der Waals surface area contributed by atoms with E-state index in [-0.39, 0.29) is 5.41 Å². The Bertz CT molecular complexity index is 361. The van der Waals surface area contributed by atoms with Gasteiger partial charge < -0.3 is 5.11 Å². The summed E-state index contributed by atoms with van der Waals surface area (Å²) in [7, 11) is 0. The molecule has 16 heavy (non-hydrogen) atoms. The van der Waals surface area contributed by atoms with Gasteiger partial charge in [-0.15, -0.1) is 0 Å². The van der Waals surface area contributed by atoms with E-state index in [1.165, 1.54) is 0 Å². The lowest BCUT2D eigenvalue weighted by atomic mass is 9.90. The van der Waals surface area contributed by atoms with Crippen LogP contribution in [0.2, 0.25) is 0 Å². The molecular weight excluding hydrogens is 200 g/mol. The van der Waals surface area contributed by atoms with E-state index < -0.39 is 0 Å². The molecule has 0 fully saturated rings. The van der Waals surface area contributed by atoms with Gasteiger partial charge in [-0.1, -0.05) is 34.6 Å². The van der Waals surface area contributed by atoms with E-state index in [1.807, 2.05) is 4.68 Å². The van der Waals surface area contributed by atoms with Gasteiger partial charge >= 0.3 is 0 Å². The number of aromatic nitrogens is 2. The zero-order valence-corrected chi connectivity index (χ0v) is 11.3. The van der Waals surface area contributed by atoms with Crippen molar-refractivity contribution in [1.82, 2.24) is 9.78 Å². The molecule has 1 N–H and O–H groups in total. The topological polar surface area (TPSA) is 38.1 Å². The third-order valence-corrected chi connectivity index (χ3v) is 3.05.